The van der Waals surface area contributed by atoms with Crippen molar-refractivity contribution in [2.45, 2.75) is 45.2 Å². The van der Waals surface area contributed by atoms with Gasteiger partial charge in [0.15, 0.2) is 5.96 Å². The molecule has 1 unspecified atom stereocenters. The van der Waals surface area contributed by atoms with Crippen molar-refractivity contribution in [3.8, 4) is 0 Å². The van der Waals surface area contributed by atoms with E-state index in [2.05, 4.69) is 25.7 Å². The first-order valence-corrected chi connectivity index (χ1v) is 8.70. The van der Waals surface area contributed by atoms with Gasteiger partial charge in [-0.05, 0) is 26.2 Å². The zero-order valence-electron chi connectivity index (χ0n) is 14.6. The summed E-state index contributed by atoms with van der Waals surface area (Å²) in [6.07, 6.45) is 3.68. The van der Waals surface area contributed by atoms with Gasteiger partial charge in [-0.1, -0.05) is 0 Å². The molecule has 2 aliphatic rings. The van der Waals surface area contributed by atoms with Gasteiger partial charge < -0.3 is 20.5 Å². The van der Waals surface area contributed by atoms with Crippen LogP contribution in [-0.4, -0.2) is 65.3 Å². The van der Waals surface area contributed by atoms with Gasteiger partial charge in [-0.15, -0.1) is 0 Å². The Bertz CT molecular complexity index is 579. The summed E-state index contributed by atoms with van der Waals surface area (Å²) in [5.41, 5.74) is -0.112. The minimum atomic E-state index is -0.112. The number of hydrogen-bond acceptors (Lipinski definition) is 5. The van der Waals surface area contributed by atoms with Gasteiger partial charge >= 0.3 is 0 Å². The number of rotatable bonds is 4. The third kappa shape index (κ3) is 3.87. The highest BCUT2D eigenvalue weighted by Gasteiger charge is 2.32. The topological polar surface area (TPSA) is 96.6 Å². The van der Waals surface area contributed by atoms with Crippen molar-refractivity contribution in [3.05, 3.63) is 11.6 Å². The van der Waals surface area contributed by atoms with Crippen molar-refractivity contribution in [2.75, 3.05) is 33.4 Å². The summed E-state index contributed by atoms with van der Waals surface area (Å²) in [5.74, 6) is 2.67. The molecule has 0 aliphatic carbocycles. The molecule has 0 spiro atoms. The van der Waals surface area contributed by atoms with Gasteiger partial charge in [0.2, 0.25) is 0 Å². The maximum atomic E-state index is 9.79. The predicted molar refractivity (Wildman–Crippen MR) is 90.9 cm³/mol. The lowest BCUT2D eigenvalue weighted by molar-refractivity contribution is -0.0132. The smallest absolute Gasteiger partial charge is 0.191 e. The third-order valence-electron chi connectivity index (χ3n) is 5.05. The zero-order valence-corrected chi connectivity index (χ0v) is 14.6. The standard InChI is InChI=1S/C16H28N6O2/c1-12-19-14-4-3-13(9-22(14)21-12)20-15(17-2)18-10-16(11-23)5-7-24-8-6-16/h13,23H,3-11H2,1-2H3,(H2,17,18,20). The Morgan fingerprint density at radius 2 is 2.25 bits per heavy atom. The van der Waals surface area contributed by atoms with Gasteiger partial charge in [-0.25, -0.2) is 9.67 Å². The first-order chi connectivity index (χ1) is 11.6. The SMILES string of the molecule is CN=C(NCC1(CO)CCOCC1)NC1CCc2nc(C)nn2C1. The van der Waals surface area contributed by atoms with Crippen LogP contribution in [0.5, 0.6) is 0 Å². The van der Waals surface area contributed by atoms with Crippen LogP contribution in [-0.2, 0) is 17.7 Å². The fourth-order valence-corrected chi connectivity index (χ4v) is 3.41. The van der Waals surface area contributed by atoms with E-state index >= 15 is 0 Å². The monoisotopic (exact) mass is 336 g/mol. The number of aromatic nitrogens is 3. The Labute approximate surface area is 142 Å². The van der Waals surface area contributed by atoms with E-state index in [9.17, 15) is 5.11 Å². The molecule has 8 nitrogen and oxygen atoms in total. The van der Waals surface area contributed by atoms with Crippen LogP contribution in [0.2, 0.25) is 0 Å². The molecule has 1 fully saturated rings. The van der Waals surface area contributed by atoms with E-state index in [1.54, 1.807) is 7.05 Å². The van der Waals surface area contributed by atoms with Crippen molar-refractivity contribution in [2.24, 2.45) is 10.4 Å². The quantitative estimate of drug-likeness (QED) is 0.523. The number of aliphatic hydroxyl groups is 1. The lowest BCUT2D eigenvalue weighted by atomic mass is 9.81. The molecule has 8 heteroatoms. The average molecular weight is 336 g/mol. The molecular weight excluding hydrogens is 308 g/mol. The maximum absolute atomic E-state index is 9.79. The molecule has 2 aliphatic heterocycles. The highest BCUT2D eigenvalue weighted by Crippen LogP contribution is 2.28. The van der Waals surface area contributed by atoms with Crippen molar-refractivity contribution < 1.29 is 9.84 Å². The number of nitrogens with zero attached hydrogens (tertiary/aromatic N) is 4. The van der Waals surface area contributed by atoms with E-state index in [4.69, 9.17) is 4.74 Å². The molecule has 0 bridgehead atoms. The number of ether oxygens (including phenoxy) is 1. The summed E-state index contributed by atoms with van der Waals surface area (Å²) >= 11 is 0. The van der Waals surface area contributed by atoms with Crippen LogP contribution in [0.25, 0.3) is 0 Å². The van der Waals surface area contributed by atoms with Gasteiger partial charge in [0.25, 0.3) is 0 Å². The van der Waals surface area contributed by atoms with E-state index in [0.717, 1.165) is 49.8 Å². The summed E-state index contributed by atoms with van der Waals surface area (Å²) < 4.78 is 7.40. The van der Waals surface area contributed by atoms with E-state index in [1.165, 1.54) is 0 Å². The third-order valence-corrected chi connectivity index (χ3v) is 5.05. The molecule has 0 radical (unpaired) electrons. The van der Waals surface area contributed by atoms with Gasteiger partial charge in [0.1, 0.15) is 11.6 Å². The Morgan fingerprint density at radius 1 is 1.46 bits per heavy atom. The molecule has 0 aromatic carbocycles. The highest BCUT2D eigenvalue weighted by atomic mass is 16.5. The molecule has 24 heavy (non-hydrogen) atoms. The van der Waals surface area contributed by atoms with E-state index in [1.807, 2.05) is 11.6 Å². The van der Waals surface area contributed by atoms with Crippen LogP contribution >= 0.6 is 0 Å². The summed E-state index contributed by atoms with van der Waals surface area (Å²) in [4.78, 5) is 8.77. The van der Waals surface area contributed by atoms with Crippen LogP contribution in [0.3, 0.4) is 0 Å². The highest BCUT2D eigenvalue weighted by molar-refractivity contribution is 5.80. The van der Waals surface area contributed by atoms with Gasteiger partial charge in [0, 0.05) is 44.7 Å². The summed E-state index contributed by atoms with van der Waals surface area (Å²) in [7, 11) is 1.78. The molecule has 134 valence electrons. The zero-order chi connectivity index (χ0) is 17.0. The Balaban J connectivity index is 1.54. The molecular formula is C16H28N6O2. The van der Waals surface area contributed by atoms with Crippen molar-refractivity contribution in [1.29, 1.82) is 0 Å². The average Bonchev–Trinajstić information content (AvgIpc) is 2.98. The number of aliphatic hydroxyl groups excluding tert-OH is 1. The maximum Gasteiger partial charge on any atom is 0.191 e. The second kappa shape index (κ2) is 7.48. The van der Waals surface area contributed by atoms with Gasteiger partial charge in [0.05, 0.1) is 13.2 Å². The lowest BCUT2D eigenvalue weighted by Gasteiger charge is -2.36. The fourth-order valence-electron chi connectivity index (χ4n) is 3.41. The normalized spacial score (nSPS) is 23.6. The molecule has 3 rings (SSSR count). The van der Waals surface area contributed by atoms with Gasteiger partial charge in [-0.3, -0.25) is 4.99 Å². The van der Waals surface area contributed by atoms with Crippen LogP contribution in [0.1, 0.15) is 30.9 Å². The molecule has 1 atom stereocenters. The second-order valence-corrected chi connectivity index (χ2v) is 6.83. The van der Waals surface area contributed by atoms with Crippen molar-refractivity contribution in [1.82, 2.24) is 25.4 Å². The molecule has 3 N–H and O–H groups in total. The lowest BCUT2D eigenvalue weighted by Crippen LogP contribution is -2.51. The first-order valence-electron chi connectivity index (χ1n) is 8.70. The van der Waals surface area contributed by atoms with E-state index < -0.39 is 0 Å². The summed E-state index contributed by atoms with van der Waals surface area (Å²) in [6, 6.07) is 0.282. The molecule has 1 saturated heterocycles. The van der Waals surface area contributed by atoms with Gasteiger partial charge in [-0.2, -0.15) is 5.10 Å². The van der Waals surface area contributed by atoms with Crippen LogP contribution < -0.4 is 10.6 Å². The Morgan fingerprint density at radius 3 is 2.96 bits per heavy atom. The molecule has 0 saturated carbocycles. The molecule has 0 amide bonds. The van der Waals surface area contributed by atoms with Crippen LogP contribution in [0, 0.1) is 12.3 Å². The predicted octanol–water partition coefficient (Wildman–Crippen LogP) is -0.145. The number of guanidine groups is 1. The van der Waals surface area contributed by atoms with Crippen LogP contribution in [0.4, 0.5) is 0 Å². The summed E-state index contributed by atoms with van der Waals surface area (Å²) in [6.45, 7) is 5.03. The largest absolute Gasteiger partial charge is 0.396 e. The van der Waals surface area contributed by atoms with E-state index in [-0.39, 0.29) is 18.1 Å². The van der Waals surface area contributed by atoms with Crippen molar-refractivity contribution >= 4 is 5.96 Å². The Kier molecular flexibility index (Phi) is 5.35. The fraction of sp³-hybridized carbons (Fsp3) is 0.812. The number of hydrogen-bond donors (Lipinski definition) is 3. The molecule has 1 aromatic heterocycles. The second-order valence-electron chi connectivity index (χ2n) is 6.83. The molecule has 1 aromatic rings. The van der Waals surface area contributed by atoms with Crippen molar-refractivity contribution in [3.63, 3.8) is 0 Å². The number of aryl methyl sites for hydroxylation is 2. The van der Waals surface area contributed by atoms with Crippen LogP contribution in [0.15, 0.2) is 4.99 Å². The number of aliphatic imine (C=N–C) groups is 1. The minimum Gasteiger partial charge on any atom is -0.396 e. The number of nitrogens with one attached hydrogen (secondary N) is 2. The Hall–Kier alpha value is -1.67. The summed E-state index contributed by atoms with van der Waals surface area (Å²) in [5, 5.41) is 21.1. The molecule has 3 heterocycles. The minimum absolute atomic E-state index is 0.112. The van der Waals surface area contributed by atoms with E-state index in [0.29, 0.717) is 19.8 Å². The first kappa shape index (κ1) is 17.2. The number of fused-ring (bicyclic) bond motifs is 1.